The summed E-state index contributed by atoms with van der Waals surface area (Å²) in [6, 6.07) is 17.4. The molecule has 8 heteroatoms. The molecule has 1 aromatic carbocycles. The summed E-state index contributed by atoms with van der Waals surface area (Å²) in [7, 11) is 0. The fourth-order valence-electron chi connectivity index (χ4n) is 3.62. The molecule has 1 aliphatic rings. The number of amides is 2. The zero-order valence-electron chi connectivity index (χ0n) is 17.4. The van der Waals surface area contributed by atoms with Crippen LogP contribution in [0.2, 0.25) is 0 Å². The number of carbonyl (C=O) groups excluding carboxylic acids is 2. The van der Waals surface area contributed by atoms with E-state index < -0.39 is 0 Å². The van der Waals surface area contributed by atoms with Crippen molar-refractivity contribution in [3.8, 4) is 0 Å². The minimum Gasteiger partial charge on any atom is -0.459 e. The Hall–Kier alpha value is -3.10. The molecular formula is C23H26N4O3S. The van der Waals surface area contributed by atoms with Gasteiger partial charge in [0.2, 0.25) is 0 Å². The fraction of sp³-hybridized carbons (Fsp3) is 0.304. The van der Waals surface area contributed by atoms with Crippen LogP contribution < -0.4 is 15.5 Å². The van der Waals surface area contributed by atoms with E-state index in [0.717, 1.165) is 26.2 Å². The molecule has 0 radical (unpaired) electrons. The maximum Gasteiger partial charge on any atom is 0.291 e. The predicted molar refractivity (Wildman–Crippen MR) is 123 cm³/mol. The molecule has 3 heterocycles. The van der Waals surface area contributed by atoms with E-state index in [1.807, 2.05) is 6.07 Å². The second-order valence-electron chi connectivity index (χ2n) is 7.51. The Morgan fingerprint density at radius 2 is 1.77 bits per heavy atom. The Kier molecular flexibility index (Phi) is 6.69. The number of piperazine rings is 1. The largest absolute Gasteiger partial charge is 0.459 e. The number of anilines is 2. The molecule has 1 unspecified atom stereocenters. The highest BCUT2D eigenvalue weighted by Crippen LogP contribution is 2.23. The first kappa shape index (κ1) is 21.1. The van der Waals surface area contributed by atoms with Gasteiger partial charge in [-0.3, -0.25) is 14.5 Å². The Balaban J connectivity index is 1.23. The molecule has 1 fully saturated rings. The molecule has 0 bridgehead atoms. The van der Waals surface area contributed by atoms with Gasteiger partial charge in [0.1, 0.15) is 0 Å². The number of hydrogen-bond acceptors (Lipinski definition) is 6. The van der Waals surface area contributed by atoms with Crippen molar-refractivity contribution in [2.45, 2.75) is 13.0 Å². The molecule has 1 atom stereocenters. The summed E-state index contributed by atoms with van der Waals surface area (Å²) in [6.45, 7) is 6.61. The minimum atomic E-state index is -0.331. The third kappa shape index (κ3) is 5.34. The van der Waals surface area contributed by atoms with Gasteiger partial charge in [0.15, 0.2) is 5.76 Å². The number of furan rings is 1. The third-order valence-corrected chi connectivity index (χ3v) is 6.43. The SMILES string of the molecule is CC(CNC(=O)c1ccc(NC(=O)c2ccco2)s1)N1CCN(c2ccccc2)CC1. The van der Waals surface area contributed by atoms with Gasteiger partial charge in [0, 0.05) is 44.5 Å². The van der Waals surface area contributed by atoms with Crippen molar-refractivity contribution in [1.29, 1.82) is 0 Å². The second-order valence-corrected chi connectivity index (χ2v) is 8.60. The molecule has 31 heavy (non-hydrogen) atoms. The monoisotopic (exact) mass is 438 g/mol. The number of thiophene rings is 1. The molecule has 1 saturated heterocycles. The summed E-state index contributed by atoms with van der Waals surface area (Å²) in [6.07, 6.45) is 1.45. The van der Waals surface area contributed by atoms with E-state index >= 15 is 0 Å². The smallest absolute Gasteiger partial charge is 0.291 e. The highest BCUT2D eigenvalue weighted by atomic mass is 32.1. The molecule has 2 amide bonds. The van der Waals surface area contributed by atoms with E-state index in [4.69, 9.17) is 4.42 Å². The van der Waals surface area contributed by atoms with Crippen molar-refractivity contribution in [3.05, 3.63) is 71.5 Å². The van der Waals surface area contributed by atoms with Crippen molar-refractivity contribution in [2.24, 2.45) is 0 Å². The molecule has 3 aromatic rings. The summed E-state index contributed by atoms with van der Waals surface area (Å²) in [5.41, 5.74) is 1.26. The molecule has 4 rings (SSSR count). The van der Waals surface area contributed by atoms with E-state index in [9.17, 15) is 9.59 Å². The topological polar surface area (TPSA) is 77.8 Å². The normalized spacial score (nSPS) is 15.5. The first-order valence-corrected chi connectivity index (χ1v) is 11.2. The summed E-state index contributed by atoms with van der Waals surface area (Å²) < 4.78 is 5.08. The van der Waals surface area contributed by atoms with Crippen LogP contribution in [0.4, 0.5) is 10.7 Å². The lowest BCUT2D eigenvalue weighted by Gasteiger charge is -2.39. The van der Waals surface area contributed by atoms with Crippen molar-refractivity contribution < 1.29 is 14.0 Å². The number of rotatable bonds is 7. The average Bonchev–Trinajstić information content (AvgIpc) is 3.50. The maximum atomic E-state index is 12.5. The second kappa shape index (κ2) is 9.80. The molecular weight excluding hydrogens is 412 g/mol. The lowest BCUT2D eigenvalue weighted by Crippen LogP contribution is -2.52. The molecule has 0 saturated carbocycles. The Labute approximate surface area is 185 Å². The lowest BCUT2D eigenvalue weighted by molar-refractivity contribution is 0.0937. The van der Waals surface area contributed by atoms with Crippen molar-refractivity contribution >= 4 is 33.8 Å². The van der Waals surface area contributed by atoms with Crippen LogP contribution in [0.1, 0.15) is 27.2 Å². The Bertz CT molecular complexity index is 995. The standard InChI is InChI=1S/C23H26N4O3S/c1-17(26-11-13-27(14-12-26)18-6-3-2-4-7-18)16-24-23(29)20-9-10-21(31-20)25-22(28)19-8-5-15-30-19/h2-10,15,17H,11-14,16H2,1H3,(H,24,29)(H,25,28). The third-order valence-electron chi connectivity index (χ3n) is 5.43. The summed E-state index contributed by atoms with van der Waals surface area (Å²) in [5, 5.41) is 6.37. The van der Waals surface area contributed by atoms with Crippen LogP contribution in [0.25, 0.3) is 0 Å². The molecule has 7 nitrogen and oxygen atoms in total. The minimum absolute atomic E-state index is 0.127. The van der Waals surface area contributed by atoms with E-state index in [1.54, 1.807) is 24.3 Å². The quantitative estimate of drug-likeness (QED) is 0.590. The molecule has 162 valence electrons. The van der Waals surface area contributed by atoms with Gasteiger partial charge in [-0.1, -0.05) is 18.2 Å². The van der Waals surface area contributed by atoms with Gasteiger partial charge < -0.3 is 20.0 Å². The fourth-order valence-corrected chi connectivity index (χ4v) is 4.44. The molecule has 0 spiro atoms. The van der Waals surface area contributed by atoms with Crippen molar-refractivity contribution in [1.82, 2.24) is 10.2 Å². The number of benzene rings is 1. The molecule has 0 aliphatic carbocycles. The van der Waals surface area contributed by atoms with E-state index in [2.05, 4.69) is 51.6 Å². The van der Waals surface area contributed by atoms with Crippen LogP contribution >= 0.6 is 11.3 Å². The highest BCUT2D eigenvalue weighted by Gasteiger charge is 2.22. The van der Waals surface area contributed by atoms with Gasteiger partial charge in [-0.25, -0.2) is 0 Å². The number of nitrogens with zero attached hydrogens (tertiary/aromatic N) is 2. The number of nitrogens with one attached hydrogen (secondary N) is 2. The van der Waals surface area contributed by atoms with E-state index in [1.165, 1.54) is 23.3 Å². The first-order valence-electron chi connectivity index (χ1n) is 10.4. The van der Waals surface area contributed by atoms with Gasteiger partial charge in [0.05, 0.1) is 16.1 Å². The Morgan fingerprint density at radius 3 is 2.48 bits per heavy atom. The number of carbonyl (C=O) groups is 2. The predicted octanol–water partition coefficient (Wildman–Crippen LogP) is 3.53. The number of para-hydroxylation sites is 1. The van der Waals surface area contributed by atoms with Crippen LogP contribution in [0.15, 0.2) is 65.3 Å². The van der Waals surface area contributed by atoms with Crippen LogP contribution in [0.5, 0.6) is 0 Å². The lowest BCUT2D eigenvalue weighted by atomic mass is 10.2. The van der Waals surface area contributed by atoms with Crippen LogP contribution in [-0.4, -0.2) is 55.5 Å². The van der Waals surface area contributed by atoms with Gasteiger partial charge >= 0.3 is 0 Å². The van der Waals surface area contributed by atoms with Crippen LogP contribution in [-0.2, 0) is 0 Å². The van der Waals surface area contributed by atoms with Gasteiger partial charge in [-0.2, -0.15) is 0 Å². The molecule has 2 N–H and O–H groups in total. The maximum absolute atomic E-state index is 12.5. The van der Waals surface area contributed by atoms with Gasteiger partial charge in [-0.15, -0.1) is 11.3 Å². The summed E-state index contributed by atoms with van der Waals surface area (Å²) in [4.78, 5) is 30.0. The van der Waals surface area contributed by atoms with Gasteiger partial charge in [-0.05, 0) is 43.3 Å². The van der Waals surface area contributed by atoms with Crippen LogP contribution in [0.3, 0.4) is 0 Å². The molecule has 2 aromatic heterocycles. The summed E-state index contributed by atoms with van der Waals surface area (Å²) in [5.74, 6) is -0.221. The summed E-state index contributed by atoms with van der Waals surface area (Å²) >= 11 is 1.25. The van der Waals surface area contributed by atoms with E-state index in [0.29, 0.717) is 16.4 Å². The number of hydrogen-bond donors (Lipinski definition) is 2. The van der Waals surface area contributed by atoms with Gasteiger partial charge in [0.25, 0.3) is 11.8 Å². The molecule has 1 aliphatic heterocycles. The average molecular weight is 439 g/mol. The van der Waals surface area contributed by atoms with Crippen molar-refractivity contribution in [2.75, 3.05) is 42.9 Å². The van der Waals surface area contributed by atoms with Crippen molar-refractivity contribution in [3.63, 3.8) is 0 Å². The van der Waals surface area contributed by atoms with E-state index in [-0.39, 0.29) is 23.6 Å². The van der Waals surface area contributed by atoms with Crippen LogP contribution in [0, 0.1) is 0 Å². The zero-order valence-corrected chi connectivity index (χ0v) is 18.2. The Morgan fingerprint density at radius 1 is 1.00 bits per heavy atom. The highest BCUT2D eigenvalue weighted by molar-refractivity contribution is 7.18. The first-order chi connectivity index (χ1) is 15.1. The zero-order chi connectivity index (χ0) is 21.6.